The third-order valence-electron chi connectivity index (χ3n) is 4.18. The SMILES string of the molecule is CN(C)C(=O)COC(=O)c1ccc2c(c1)NC(=O)[C@H]1CCCN21. The van der Waals surface area contributed by atoms with E-state index in [1.165, 1.54) is 4.90 Å². The lowest BCUT2D eigenvalue weighted by Crippen LogP contribution is -2.43. The Morgan fingerprint density at radius 3 is 2.91 bits per heavy atom. The summed E-state index contributed by atoms with van der Waals surface area (Å²) in [5.41, 5.74) is 1.85. The van der Waals surface area contributed by atoms with Gasteiger partial charge in [0.15, 0.2) is 6.61 Å². The quantitative estimate of drug-likeness (QED) is 0.836. The van der Waals surface area contributed by atoms with E-state index in [0.29, 0.717) is 11.3 Å². The fraction of sp³-hybridized carbons (Fsp3) is 0.438. The van der Waals surface area contributed by atoms with E-state index in [-0.39, 0.29) is 24.5 Å². The van der Waals surface area contributed by atoms with Gasteiger partial charge in [-0.05, 0) is 31.0 Å². The number of fused-ring (bicyclic) bond motifs is 3. The molecular formula is C16H19N3O4. The van der Waals surface area contributed by atoms with Crippen LogP contribution in [0.15, 0.2) is 18.2 Å². The molecule has 23 heavy (non-hydrogen) atoms. The zero-order chi connectivity index (χ0) is 16.6. The van der Waals surface area contributed by atoms with Crippen LogP contribution < -0.4 is 10.2 Å². The number of likely N-dealkylation sites (N-methyl/N-ethyl adjacent to an activating group) is 1. The molecule has 0 spiro atoms. The Morgan fingerprint density at radius 2 is 2.17 bits per heavy atom. The molecule has 1 atom stereocenters. The molecule has 1 fully saturated rings. The van der Waals surface area contributed by atoms with Crippen LogP contribution in [0.25, 0.3) is 0 Å². The summed E-state index contributed by atoms with van der Waals surface area (Å²) in [6.07, 6.45) is 1.83. The van der Waals surface area contributed by atoms with Crippen LogP contribution >= 0.6 is 0 Å². The van der Waals surface area contributed by atoms with Crippen molar-refractivity contribution in [3.8, 4) is 0 Å². The minimum absolute atomic E-state index is 0.0386. The molecule has 7 nitrogen and oxygen atoms in total. The number of nitrogens with zero attached hydrogens (tertiary/aromatic N) is 2. The molecule has 0 aromatic heterocycles. The Hall–Kier alpha value is -2.57. The van der Waals surface area contributed by atoms with E-state index in [4.69, 9.17) is 4.74 Å². The number of anilines is 2. The first-order chi connectivity index (χ1) is 11.0. The Balaban J connectivity index is 1.76. The molecule has 0 saturated carbocycles. The van der Waals surface area contributed by atoms with Gasteiger partial charge in [-0.3, -0.25) is 9.59 Å². The number of ether oxygens (including phenoxy) is 1. The summed E-state index contributed by atoms with van der Waals surface area (Å²) in [5, 5.41) is 2.85. The molecule has 2 amide bonds. The van der Waals surface area contributed by atoms with Crippen LogP contribution in [0, 0.1) is 0 Å². The average molecular weight is 317 g/mol. The fourth-order valence-electron chi connectivity index (χ4n) is 2.90. The van der Waals surface area contributed by atoms with Crippen molar-refractivity contribution < 1.29 is 19.1 Å². The predicted molar refractivity (Wildman–Crippen MR) is 84.4 cm³/mol. The molecule has 2 aliphatic heterocycles. The van der Waals surface area contributed by atoms with E-state index >= 15 is 0 Å². The predicted octanol–water partition coefficient (Wildman–Crippen LogP) is 0.852. The van der Waals surface area contributed by atoms with Crippen molar-refractivity contribution in [2.24, 2.45) is 0 Å². The van der Waals surface area contributed by atoms with Crippen LogP contribution in [0.1, 0.15) is 23.2 Å². The first-order valence-electron chi connectivity index (χ1n) is 7.56. The molecule has 1 saturated heterocycles. The molecule has 3 rings (SSSR count). The van der Waals surface area contributed by atoms with Gasteiger partial charge in [-0.15, -0.1) is 0 Å². The van der Waals surface area contributed by atoms with Crippen LogP contribution in [-0.2, 0) is 14.3 Å². The first kappa shape index (κ1) is 15.3. The largest absolute Gasteiger partial charge is 0.452 e. The number of hydrogen-bond acceptors (Lipinski definition) is 5. The molecule has 122 valence electrons. The highest BCUT2D eigenvalue weighted by Crippen LogP contribution is 2.37. The summed E-state index contributed by atoms with van der Waals surface area (Å²) in [6.45, 7) is 0.537. The molecule has 1 aromatic rings. The van der Waals surface area contributed by atoms with Crippen molar-refractivity contribution in [3.05, 3.63) is 23.8 Å². The normalized spacial score (nSPS) is 18.8. The molecule has 1 N–H and O–H groups in total. The number of carbonyl (C=O) groups excluding carboxylic acids is 3. The maximum absolute atomic E-state index is 12.1. The lowest BCUT2D eigenvalue weighted by Gasteiger charge is -2.33. The van der Waals surface area contributed by atoms with Crippen LogP contribution in [-0.4, -0.2) is 56.0 Å². The summed E-state index contributed by atoms with van der Waals surface area (Å²) in [7, 11) is 3.19. The van der Waals surface area contributed by atoms with Crippen LogP contribution in [0.5, 0.6) is 0 Å². The van der Waals surface area contributed by atoms with Crippen molar-refractivity contribution in [3.63, 3.8) is 0 Å². The van der Waals surface area contributed by atoms with Gasteiger partial charge < -0.3 is 19.9 Å². The molecule has 0 bridgehead atoms. The lowest BCUT2D eigenvalue weighted by atomic mass is 10.1. The zero-order valence-electron chi connectivity index (χ0n) is 13.2. The van der Waals surface area contributed by atoms with Crippen molar-refractivity contribution in [1.82, 2.24) is 4.90 Å². The molecule has 0 aliphatic carbocycles. The summed E-state index contributed by atoms with van der Waals surface area (Å²) in [6, 6.07) is 4.97. The maximum atomic E-state index is 12.1. The highest BCUT2D eigenvalue weighted by atomic mass is 16.5. The second-order valence-corrected chi connectivity index (χ2v) is 5.94. The Bertz CT molecular complexity index is 671. The number of hydrogen-bond donors (Lipinski definition) is 1. The first-order valence-corrected chi connectivity index (χ1v) is 7.56. The van der Waals surface area contributed by atoms with Gasteiger partial charge in [-0.1, -0.05) is 0 Å². The highest BCUT2D eigenvalue weighted by Gasteiger charge is 2.36. The average Bonchev–Trinajstić information content (AvgIpc) is 3.02. The van der Waals surface area contributed by atoms with Gasteiger partial charge in [0.25, 0.3) is 5.91 Å². The molecule has 2 heterocycles. The molecule has 2 aliphatic rings. The maximum Gasteiger partial charge on any atom is 0.338 e. The Kier molecular flexibility index (Phi) is 3.94. The fourth-order valence-corrected chi connectivity index (χ4v) is 2.90. The Morgan fingerprint density at radius 1 is 1.39 bits per heavy atom. The molecule has 1 aromatic carbocycles. The summed E-state index contributed by atoms with van der Waals surface area (Å²) < 4.78 is 5.00. The minimum atomic E-state index is -0.583. The van der Waals surface area contributed by atoms with E-state index in [0.717, 1.165) is 25.1 Å². The van der Waals surface area contributed by atoms with Crippen LogP contribution in [0.4, 0.5) is 11.4 Å². The van der Waals surface area contributed by atoms with E-state index < -0.39 is 5.97 Å². The number of esters is 1. The van der Waals surface area contributed by atoms with Crippen molar-refractivity contribution >= 4 is 29.2 Å². The van der Waals surface area contributed by atoms with Gasteiger partial charge in [0.1, 0.15) is 6.04 Å². The number of nitrogens with one attached hydrogen (secondary N) is 1. The molecular weight excluding hydrogens is 298 g/mol. The minimum Gasteiger partial charge on any atom is -0.452 e. The van der Waals surface area contributed by atoms with E-state index in [1.54, 1.807) is 26.2 Å². The van der Waals surface area contributed by atoms with Gasteiger partial charge in [-0.25, -0.2) is 4.79 Å². The van der Waals surface area contributed by atoms with Gasteiger partial charge in [0, 0.05) is 20.6 Å². The summed E-state index contributed by atoms with van der Waals surface area (Å²) >= 11 is 0. The van der Waals surface area contributed by atoms with E-state index in [9.17, 15) is 14.4 Å². The second kappa shape index (κ2) is 5.91. The van der Waals surface area contributed by atoms with Crippen molar-refractivity contribution in [2.75, 3.05) is 37.5 Å². The van der Waals surface area contributed by atoms with Gasteiger partial charge >= 0.3 is 5.97 Å². The molecule has 0 unspecified atom stereocenters. The highest BCUT2D eigenvalue weighted by molar-refractivity contribution is 6.05. The van der Waals surface area contributed by atoms with Crippen LogP contribution in [0.3, 0.4) is 0 Å². The van der Waals surface area contributed by atoms with Gasteiger partial charge in [-0.2, -0.15) is 0 Å². The smallest absolute Gasteiger partial charge is 0.338 e. The molecule has 7 heteroatoms. The number of benzene rings is 1. The number of carbonyl (C=O) groups is 3. The third kappa shape index (κ3) is 2.86. The third-order valence-corrected chi connectivity index (χ3v) is 4.18. The van der Waals surface area contributed by atoms with E-state index in [2.05, 4.69) is 10.2 Å². The Labute approximate surface area is 134 Å². The topological polar surface area (TPSA) is 79.0 Å². The van der Waals surface area contributed by atoms with Crippen LogP contribution in [0.2, 0.25) is 0 Å². The standard InChI is InChI=1S/C16H19N3O4/c1-18(2)14(20)9-23-16(22)10-5-6-12-11(8-10)17-15(21)13-4-3-7-19(12)13/h5-6,8,13H,3-4,7,9H2,1-2H3,(H,17,21)/t13-/m1/s1. The summed E-state index contributed by atoms with van der Waals surface area (Å²) in [4.78, 5) is 39.0. The van der Waals surface area contributed by atoms with Gasteiger partial charge in [0.2, 0.25) is 5.91 Å². The molecule has 0 radical (unpaired) electrons. The summed E-state index contributed by atoms with van der Waals surface area (Å²) in [5.74, 6) is -0.909. The second-order valence-electron chi connectivity index (χ2n) is 5.94. The zero-order valence-corrected chi connectivity index (χ0v) is 13.2. The van der Waals surface area contributed by atoms with Crippen molar-refractivity contribution in [2.45, 2.75) is 18.9 Å². The number of rotatable bonds is 3. The van der Waals surface area contributed by atoms with Crippen molar-refractivity contribution in [1.29, 1.82) is 0 Å². The van der Waals surface area contributed by atoms with E-state index in [1.807, 2.05) is 6.07 Å². The lowest BCUT2D eigenvalue weighted by molar-refractivity contribution is -0.132. The van der Waals surface area contributed by atoms with Gasteiger partial charge in [0.05, 0.1) is 16.9 Å². The number of amides is 2. The monoisotopic (exact) mass is 317 g/mol.